The Balaban J connectivity index is 2.75. The first-order valence-electron chi connectivity index (χ1n) is 10.5. The van der Waals surface area contributed by atoms with E-state index in [0.29, 0.717) is 12.4 Å². The molecule has 1 aromatic rings. The van der Waals surface area contributed by atoms with Gasteiger partial charge in [-0.15, -0.1) is 0 Å². The van der Waals surface area contributed by atoms with Crippen molar-refractivity contribution in [3.05, 3.63) is 28.8 Å². The molecule has 0 fully saturated rings. The SMILES string of the molecule is CCCCCCCCOC(=O)Cc1cc(C(C)(C)C)c(O)c(C(C)(C)C)c1. The average Bonchev–Trinajstić information content (AvgIpc) is 2.53. The van der Waals surface area contributed by atoms with Crippen LogP contribution in [0, 0.1) is 0 Å². The van der Waals surface area contributed by atoms with Crippen LogP contribution < -0.4 is 0 Å². The van der Waals surface area contributed by atoms with E-state index in [1.807, 2.05) is 12.1 Å². The predicted octanol–water partition coefficient (Wildman–Crippen LogP) is 6.43. The highest BCUT2D eigenvalue weighted by Crippen LogP contribution is 2.39. The molecule has 0 spiro atoms. The van der Waals surface area contributed by atoms with E-state index in [9.17, 15) is 9.90 Å². The van der Waals surface area contributed by atoms with Crippen LogP contribution in [0.2, 0.25) is 0 Å². The first-order chi connectivity index (χ1) is 12.5. The normalized spacial score (nSPS) is 12.3. The Morgan fingerprint density at radius 3 is 1.85 bits per heavy atom. The van der Waals surface area contributed by atoms with Crippen LogP contribution >= 0.6 is 0 Å². The van der Waals surface area contributed by atoms with Gasteiger partial charge in [-0.3, -0.25) is 4.79 Å². The van der Waals surface area contributed by atoms with E-state index >= 15 is 0 Å². The lowest BCUT2D eigenvalue weighted by atomic mass is 9.78. The van der Waals surface area contributed by atoms with E-state index in [1.54, 1.807) is 0 Å². The van der Waals surface area contributed by atoms with Crippen molar-refractivity contribution in [3.63, 3.8) is 0 Å². The monoisotopic (exact) mass is 376 g/mol. The van der Waals surface area contributed by atoms with Crippen LogP contribution in [-0.4, -0.2) is 17.7 Å². The summed E-state index contributed by atoms with van der Waals surface area (Å²) in [6.07, 6.45) is 7.32. The molecule has 3 nitrogen and oxygen atoms in total. The quantitative estimate of drug-likeness (QED) is 0.399. The van der Waals surface area contributed by atoms with Crippen LogP contribution in [0.15, 0.2) is 12.1 Å². The fraction of sp³-hybridized carbons (Fsp3) is 0.708. The van der Waals surface area contributed by atoms with Gasteiger partial charge in [-0.25, -0.2) is 0 Å². The third-order valence-corrected chi connectivity index (χ3v) is 4.90. The van der Waals surface area contributed by atoms with E-state index < -0.39 is 0 Å². The van der Waals surface area contributed by atoms with Gasteiger partial charge >= 0.3 is 5.97 Å². The van der Waals surface area contributed by atoms with Gasteiger partial charge in [0.1, 0.15) is 5.75 Å². The van der Waals surface area contributed by atoms with Gasteiger partial charge in [0.25, 0.3) is 0 Å². The highest BCUT2D eigenvalue weighted by Gasteiger charge is 2.27. The second-order valence-corrected chi connectivity index (χ2v) is 9.70. The van der Waals surface area contributed by atoms with E-state index in [0.717, 1.165) is 29.5 Å². The van der Waals surface area contributed by atoms with E-state index in [2.05, 4.69) is 48.5 Å². The van der Waals surface area contributed by atoms with Gasteiger partial charge in [0.2, 0.25) is 0 Å². The zero-order valence-corrected chi connectivity index (χ0v) is 18.6. The number of carbonyl (C=O) groups excluding carboxylic acids is 1. The Morgan fingerprint density at radius 2 is 1.37 bits per heavy atom. The first-order valence-corrected chi connectivity index (χ1v) is 10.5. The van der Waals surface area contributed by atoms with Gasteiger partial charge in [0.05, 0.1) is 13.0 Å². The number of aromatic hydroxyl groups is 1. The molecular formula is C24H40O3. The van der Waals surface area contributed by atoms with Crippen LogP contribution in [0.25, 0.3) is 0 Å². The minimum Gasteiger partial charge on any atom is -0.507 e. The van der Waals surface area contributed by atoms with E-state index in [4.69, 9.17) is 4.74 Å². The molecule has 0 amide bonds. The molecule has 1 N–H and O–H groups in total. The molecule has 0 aliphatic carbocycles. The number of rotatable bonds is 9. The molecule has 0 atom stereocenters. The summed E-state index contributed by atoms with van der Waals surface area (Å²) < 4.78 is 5.43. The fourth-order valence-corrected chi connectivity index (χ4v) is 3.23. The molecule has 1 aromatic carbocycles. The number of benzene rings is 1. The van der Waals surface area contributed by atoms with Gasteiger partial charge in [0.15, 0.2) is 0 Å². The molecule has 1 rings (SSSR count). The van der Waals surface area contributed by atoms with E-state index in [1.165, 1.54) is 25.7 Å². The third-order valence-electron chi connectivity index (χ3n) is 4.90. The number of phenols is 1. The van der Waals surface area contributed by atoms with Crippen molar-refractivity contribution in [2.45, 2.75) is 104 Å². The topological polar surface area (TPSA) is 46.5 Å². The number of esters is 1. The minimum absolute atomic E-state index is 0.186. The maximum absolute atomic E-state index is 12.3. The molecule has 0 radical (unpaired) electrons. The molecule has 0 aromatic heterocycles. The Bertz CT molecular complexity index is 568. The number of ether oxygens (including phenoxy) is 1. The van der Waals surface area contributed by atoms with Crippen LogP contribution in [0.5, 0.6) is 5.75 Å². The number of unbranched alkanes of at least 4 members (excludes halogenated alkanes) is 5. The molecular weight excluding hydrogens is 336 g/mol. The fourth-order valence-electron chi connectivity index (χ4n) is 3.23. The van der Waals surface area contributed by atoms with Crippen molar-refractivity contribution in [1.29, 1.82) is 0 Å². The predicted molar refractivity (Wildman–Crippen MR) is 114 cm³/mol. The highest BCUT2D eigenvalue weighted by atomic mass is 16.5. The standard InChI is InChI=1S/C24H40O3/c1-8-9-10-11-12-13-14-27-21(25)17-18-15-19(23(2,3)4)22(26)20(16-18)24(5,6)7/h15-16,26H,8-14,17H2,1-7H3. The Hall–Kier alpha value is -1.51. The average molecular weight is 377 g/mol. The van der Waals surface area contributed by atoms with Gasteiger partial charge in [0, 0.05) is 0 Å². The molecule has 0 aliphatic rings. The molecule has 27 heavy (non-hydrogen) atoms. The molecule has 0 saturated heterocycles. The van der Waals surface area contributed by atoms with Crippen molar-refractivity contribution >= 4 is 5.97 Å². The summed E-state index contributed by atoms with van der Waals surface area (Å²) >= 11 is 0. The number of phenolic OH excluding ortho intramolecular Hbond substituents is 1. The van der Waals surface area contributed by atoms with Crippen LogP contribution in [0.1, 0.15) is 104 Å². The van der Waals surface area contributed by atoms with Crippen LogP contribution in [0.3, 0.4) is 0 Å². The summed E-state index contributed by atoms with van der Waals surface area (Å²) in [4.78, 5) is 12.3. The summed E-state index contributed by atoms with van der Waals surface area (Å²) in [5.41, 5.74) is 2.29. The van der Waals surface area contributed by atoms with Crippen molar-refractivity contribution in [3.8, 4) is 5.75 Å². The van der Waals surface area contributed by atoms with Gasteiger partial charge in [-0.05, 0) is 33.9 Å². The molecule has 0 saturated carbocycles. The van der Waals surface area contributed by atoms with E-state index in [-0.39, 0.29) is 23.2 Å². The molecule has 154 valence electrons. The smallest absolute Gasteiger partial charge is 0.310 e. The molecule has 0 aliphatic heterocycles. The molecule has 0 unspecified atom stereocenters. The molecule has 0 heterocycles. The lowest BCUT2D eigenvalue weighted by molar-refractivity contribution is -0.142. The summed E-state index contributed by atoms with van der Waals surface area (Å²) in [6, 6.07) is 3.91. The number of hydrogen-bond donors (Lipinski definition) is 1. The summed E-state index contributed by atoms with van der Waals surface area (Å²) in [5, 5.41) is 10.8. The summed E-state index contributed by atoms with van der Waals surface area (Å²) in [5.74, 6) is 0.160. The summed E-state index contributed by atoms with van der Waals surface area (Å²) in [6.45, 7) is 15.2. The van der Waals surface area contributed by atoms with Gasteiger partial charge in [-0.1, -0.05) is 92.7 Å². The Labute approximate surface area is 166 Å². The highest BCUT2D eigenvalue weighted by molar-refractivity contribution is 5.73. The zero-order chi connectivity index (χ0) is 20.7. The van der Waals surface area contributed by atoms with Crippen molar-refractivity contribution in [1.82, 2.24) is 0 Å². The van der Waals surface area contributed by atoms with Crippen molar-refractivity contribution in [2.75, 3.05) is 6.61 Å². The van der Waals surface area contributed by atoms with Crippen molar-refractivity contribution < 1.29 is 14.6 Å². The second-order valence-electron chi connectivity index (χ2n) is 9.70. The van der Waals surface area contributed by atoms with Gasteiger partial charge in [-0.2, -0.15) is 0 Å². The lowest BCUT2D eigenvalue weighted by Crippen LogP contribution is -2.19. The maximum Gasteiger partial charge on any atom is 0.310 e. The first kappa shape index (κ1) is 23.5. The number of hydrogen-bond acceptors (Lipinski definition) is 3. The lowest BCUT2D eigenvalue weighted by Gasteiger charge is -2.28. The molecule has 0 bridgehead atoms. The Morgan fingerprint density at radius 1 is 0.889 bits per heavy atom. The maximum atomic E-state index is 12.3. The van der Waals surface area contributed by atoms with Crippen LogP contribution in [-0.2, 0) is 26.8 Å². The molecule has 3 heteroatoms. The van der Waals surface area contributed by atoms with Crippen molar-refractivity contribution in [2.24, 2.45) is 0 Å². The second kappa shape index (κ2) is 10.1. The van der Waals surface area contributed by atoms with Crippen LogP contribution in [0.4, 0.5) is 0 Å². The minimum atomic E-state index is -0.192. The summed E-state index contributed by atoms with van der Waals surface area (Å²) in [7, 11) is 0. The largest absolute Gasteiger partial charge is 0.507 e. The third kappa shape index (κ3) is 7.94. The number of carbonyl (C=O) groups is 1. The van der Waals surface area contributed by atoms with Gasteiger partial charge < -0.3 is 9.84 Å². The Kier molecular flexibility index (Phi) is 8.84. The zero-order valence-electron chi connectivity index (χ0n) is 18.6.